The summed E-state index contributed by atoms with van der Waals surface area (Å²) in [5.74, 6) is 0.286. The molecule has 2 saturated heterocycles. The van der Waals surface area contributed by atoms with Crippen LogP contribution in [0.5, 0.6) is 0 Å². The van der Waals surface area contributed by atoms with Crippen LogP contribution < -0.4 is 4.90 Å². The lowest BCUT2D eigenvalue weighted by Gasteiger charge is -2.23. The van der Waals surface area contributed by atoms with Crippen molar-refractivity contribution in [1.82, 2.24) is 14.7 Å². The van der Waals surface area contributed by atoms with Gasteiger partial charge in [0.1, 0.15) is 0 Å². The second kappa shape index (κ2) is 5.21. The minimum atomic E-state index is -0.174. The van der Waals surface area contributed by atoms with Crippen LogP contribution in [0.1, 0.15) is 17.7 Å². The Bertz CT molecular complexity index is 680. The molecule has 22 heavy (non-hydrogen) atoms. The molecule has 6 heteroatoms. The number of rotatable bonds is 3. The second-order valence-electron chi connectivity index (χ2n) is 6.40. The molecule has 1 spiro atoms. The number of aryl methyl sites for hydroxylation is 1. The normalized spacial score (nSPS) is 25.7. The van der Waals surface area contributed by atoms with Crippen LogP contribution in [0.15, 0.2) is 29.9 Å². The van der Waals surface area contributed by atoms with E-state index in [0.29, 0.717) is 0 Å². The van der Waals surface area contributed by atoms with Gasteiger partial charge in [0.15, 0.2) is 0 Å². The average Bonchev–Trinajstić information content (AvgIpc) is 3.25. The molecule has 0 N–H and O–H groups in total. The summed E-state index contributed by atoms with van der Waals surface area (Å²) in [5, 5.41) is 6.31. The lowest BCUT2D eigenvalue weighted by molar-refractivity contribution is -0.125. The Morgan fingerprint density at radius 1 is 1.36 bits per heavy atom. The van der Waals surface area contributed by atoms with E-state index < -0.39 is 0 Å². The fourth-order valence-electron chi connectivity index (χ4n) is 3.71. The zero-order valence-corrected chi connectivity index (χ0v) is 13.6. The molecule has 116 valence electrons. The topological polar surface area (TPSA) is 41.4 Å². The van der Waals surface area contributed by atoms with E-state index in [1.54, 1.807) is 22.2 Å². The first-order chi connectivity index (χ1) is 10.7. The first kappa shape index (κ1) is 14.0. The molecule has 1 amide bonds. The van der Waals surface area contributed by atoms with Gasteiger partial charge in [0.25, 0.3) is 0 Å². The van der Waals surface area contributed by atoms with Crippen LogP contribution in [0.2, 0.25) is 0 Å². The predicted octanol–water partition coefficient (Wildman–Crippen LogP) is 2.11. The van der Waals surface area contributed by atoms with Crippen molar-refractivity contribution in [2.45, 2.75) is 19.4 Å². The summed E-state index contributed by atoms with van der Waals surface area (Å²) in [7, 11) is 1.89. The molecule has 2 aromatic heterocycles. The fourth-order valence-corrected chi connectivity index (χ4v) is 4.46. The quantitative estimate of drug-likeness (QED) is 0.871. The van der Waals surface area contributed by atoms with Crippen molar-refractivity contribution in [2.24, 2.45) is 12.5 Å². The van der Waals surface area contributed by atoms with E-state index in [1.165, 1.54) is 4.88 Å². The Morgan fingerprint density at radius 2 is 2.23 bits per heavy atom. The maximum absolute atomic E-state index is 13.0. The molecule has 0 bridgehead atoms. The number of likely N-dealkylation sites (tertiary alicyclic amines) is 1. The van der Waals surface area contributed by atoms with Crippen molar-refractivity contribution < 1.29 is 4.79 Å². The van der Waals surface area contributed by atoms with Crippen molar-refractivity contribution in [3.63, 3.8) is 0 Å². The van der Waals surface area contributed by atoms with Crippen LogP contribution in [0, 0.1) is 5.41 Å². The van der Waals surface area contributed by atoms with Crippen molar-refractivity contribution in [1.29, 1.82) is 0 Å². The monoisotopic (exact) mass is 316 g/mol. The zero-order chi connectivity index (χ0) is 15.2. The largest absolute Gasteiger partial charge is 0.309 e. The molecule has 4 rings (SSSR count). The van der Waals surface area contributed by atoms with Crippen molar-refractivity contribution in [2.75, 3.05) is 24.5 Å². The number of hydrogen-bond donors (Lipinski definition) is 0. The SMILES string of the molecule is Cn1cc(N2CC[C@@]3(CCN(Cc4cccs4)C3)C2=O)cn1. The number of nitrogens with zero attached hydrogens (tertiary/aromatic N) is 4. The lowest BCUT2D eigenvalue weighted by atomic mass is 9.85. The van der Waals surface area contributed by atoms with Gasteiger partial charge in [-0.3, -0.25) is 14.4 Å². The molecule has 0 radical (unpaired) electrons. The zero-order valence-electron chi connectivity index (χ0n) is 12.7. The molecule has 5 nitrogen and oxygen atoms in total. The van der Waals surface area contributed by atoms with E-state index in [0.717, 1.165) is 44.7 Å². The number of carbonyl (C=O) groups excluding carboxylic acids is 1. The van der Waals surface area contributed by atoms with Gasteiger partial charge in [-0.15, -0.1) is 11.3 Å². The van der Waals surface area contributed by atoms with Gasteiger partial charge in [0, 0.05) is 37.8 Å². The van der Waals surface area contributed by atoms with Crippen molar-refractivity contribution in [3.8, 4) is 0 Å². The van der Waals surface area contributed by atoms with Crippen LogP contribution in [0.4, 0.5) is 5.69 Å². The molecule has 0 unspecified atom stereocenters. The Morgan fingerprint density at radius 3 is 2.95 bits per heavy atom. The van der Waals surface area contributed by atoms with E-state index in [1.807, 2.05) is 18.1 Å². The van der Waals surface area contributed by atoms with Gasteiger partial charge in [-0.05, 0) is 30.8 Å². The molecule has 1 atom stereocenters. The van der Waals surface area contributed by atoms with Gasteiger partial charge in [-0.2, -0.15) is 5.10 Å². The molecule has 2 aliphatic rings. The van der Waals surface area contributed by atoms with Crippen LogP contribution >= 0.6 is 11.3 Å². The molecule has 0 aliphatic carbocycles. The highest BCUT2D eigenvalue weighted by molar-refractivity contribution is 7.09. The summed E-state index contributed by atoms with van der Waals surface area (Å²) >= 11 is 1.79. The highest BCUT2D eigenvalue weighted by atomic mass is 32.1. The maximum Gasteiger partial charge on any atom is 0.234 e. The number of anilines is 1. The van der Waals surface area contributed by atoms with Crippen LogP contribution in [-0.4, -0.2) is 40.2 Å². The van der Waals surface area contributed by atoms with E-state index in [2.05, 4.69) is 27.5 Å². The molecule has 0 saturated carbocycles. The number of amides is 1. The molecule has 2 aliphatic heterocycles. The summed E-state index contributed by atoms with van der Waals surface area (Å²) < 4.78 is 1.76. The number of hydrogen-bond acceptors (Lipinski definition) is 4. The van der Waals surface area contributed by atoms with E-state index in [9.17, 15) is 4.79 Å². The predicted molar refractivity (Wildman–Crippen MR) is 86.8 cm³/mol. The van der Waals surface area contributed by atoms with Gasteiger partial charge in [-0.1, -0.05) is 6.07 Å². The lowest BCUT2D eigenvalue weighted by Crippen LogP contribution is -2.36. The van der Waals surface area contributed by atoms with Crippen molar-refractivity contribution >= 4 is 22.9 Å². The molecule has 2 fully saturated rings. The highest BCUT2D eigenvalue weighted by Crippen LogP contribution is 2.42. The van der Waals surface area contributed by atoms with Crippen molar-refractivity contribution in [3.05, 3.63) is 34.8 Å². The van der Waals surface area contributed by atoms with Gasteiger partial charge >= 0.3 is 0 Å². The molecule has 0 aromatic carbocycles. The second-order valence-corrected chi connectivity index (χ2v) is 7.43. The average molecular weight is 316 g/mol. The smallest absolute Gasteiger partial charge is 0.234 e. The Kier molecular flexibility index (Phi) is 3.31. The molecule has 2 aromatic rings. The maximum atomic E-state index is 13.0. The Balaban J connectivity index is 1.48. The summed E-state index contributed by atoms with van der Waals surface area (Å²) in [6.07, 6.45) is 5.65. The number of aromatic nitrogens is 2. The molecular weight excluding hydrogens is 296 g/mol. The minimum Gasteiger partial charge on any atom is -0.309 e. The van der Waals surface area contributed by atoms with Gasteiger partial charge in [0.2, 0.25) is 5.91 Å². The van der Waals surface area contributed by atoms with Crippen LogP contribution in [0.25, 0.3) is 0 Å². The Labute approximate surface area is 134 Å². The van der Waals surface area contributed by atoms with E-state index in [-0.39, 0.29) is 11.3 Å². The van der Waals surface area contributed by atoms with Crippen LogP contribution in [0.3, 0.4) is 0 Å². The molecular formula is C16H20N4OS. The summed E-state index contributed by atoms with van der Waals surface area (Å²) in [5.41, 5.74) is 0.758. The summed E-state index contributed by atoms with van der Waals surface area (Å²) in [6.45, 7) is 3.70. The fraction of sp³-hybridized carbons (Fsp3) is 0.500. The minimum absolute atomic E-state index is 0.174. The Hall–Kier alpha value is -1.66. The van der Waals surface area contributed by atoms with Gasteiger partial charge in [0.05, 0.1) is 17.3 Å². The standard InChI is InChI=1S/C16H20N4OS/c1-18-10-13(9-17-18)20-7-5-16(15(20)21)4-6-19(12-16)11-14-3-2-8-22-14/h2-3,8-10H,4-7,11-12H2,1H3/t16-/m1/s1. The molecule has 4 heterocycles. The summed E-state index contributed by atoms with van der Waals surface area (Å²) in [4.78, 5) is 18.7. The summed E-state index contributed by atoms with van der Waals surface area (Å²) in [6, 6.07) is 4.27. The van der Waals surface area contributed by atoms with Gasteiger partial charge in [-0.25, -0.2) is 0 Å². The van der Waals surface area contributed by atoms with E-state index in [4.69, 9.17) is 0 Å². The highest BCUT2D eigenvalue weighted by Gasteiger charge is 2.51. The van der Waals surface area contributed by atoms with E-state index >= 15 is 0 Å². The third-order valence-electron chi connectivity index (χ3n) is 4.91. The third-order valence-corrected chi connectivity index (χ3v) is 5.77. The first-order valence-electron chi connectivity index (χ1n) is 7.72. The first-order valence-corrected chi connectivity index (χ1v) is 8.60. The number of carbonyl (C=O) groups is 1. The van der Waals surface area contributed by atoms with Gasteiger partial charge < -0.3 is 4.90 Å². The van der Waals surface area contributed by atoms with Crippen LogP contribution in [-0.2, 0) is 18.4 Å². The third kappa shape index (κ3) is 2.27. The number of thiophene rings is 1.